The molecule has 0 saturated carbocycles. The molecule has 1 atom stereocenters. The molecule has 2 aromatic heterocycles. The van der Waals surface area contributed by atoms with Crippen molar-refractivity contribution in [3.8, 4) is 11.3 Å². The van der Waals surface area contributed by atoms with Crippen LogP contribution in [0.1, 0.15) is 28.4 Å². The van der Waals surface area contributed by atoms with Gasteiger partial charge in [-0.05, 0) is 42.6 Å². The molecule has 1 aliphatic heterocycles. The van der Waals surface area contributed by atoms with Crippen LogP contribution in [0.2, 0.25) is 0 Å². The van der Waals surface area contributed by atoms with Crippen LogP contribution in [-0.4, -0.2) is 36.1 Å². The van der Waals surface area contributed by atoms with E-state index < -0.39 is 35.5 Å². The number of urea groups is 1. The van der Waals surface area contributed by atoms with Gasteiger partial charge in [0, 0.05) is 22.6 Å². The van der Waals surface area contributed by atoms with Crippen molar-refractivity contribution in [3.63, 3.8) is 0 Å². The van der Waals surface area contributed by atoms with Gasteiger partial charge in [0.2, 0.25) is 5.76 Å². The van der Waals surface area contributed by atoms with Crippen LogP contribution in [0.4, 0.5) is 10.5 Å². The zero-order valence-electron chi connectivity index (χ0n) is 18.3. The summed E-state index contributed by atoms with van der Waals surface area (Å²) in [5.41, 5.74) is 0.690. The SMILES string of the molecule is CCOC(=O)C1=C(COC(=O)c2ccc(-c3ccc([N+](=O)[O-])cc3)o2)NC(=O)N[C@@H]1c1cccs1. The van der Waals surface area contributed by atoms with E-state index in [1.165, 1.54) is 47.7 Å². The van der Waals surface area contributed by atoms with Crippen LogP contribution in [0.3, 0.4) is 0 Å². The van der Waals surface area contributed by atoms with Crippen molar-refractivity contribution in [1.29, 1.82) is 0 Å². The van der Waals surface area contributed by atoms with Gasteiger partial charge in [0.05, 0.1) is 28.8 Å². The number of carbonyl (C=O) groups is 3. The summed E-state index contributed by atoms with van der Waals surface area (Å²) >= 11 is 1.35. The van der Waals surface area contributed by atoms with Crippen LogP contribution < -0.4 is 10.6 Å². The zero-order chi connectivity index (χ0) is 24.9. The number of hydrogen-bond donors (Lipinski definition) is 2. The molecule has 11 nitrogen and oxygen atoms in total. The summed E-state index contributed by atoms with van der Waals surface area (Å²) in [4.78, 5) is 48.5. The highest BCUT2D eigenvalue weighted by Gasteiger charge is 2.35. The van der Waals surface area contributed by atoms with E-state index in [9.17, 15) is 24.5 Å². The number of thiophene rings is 1. The molecule has 0 radical (unpaired) electrons. The Kier molecular flexibility index (Phi) is 6.92. The second-order valence-electron chi connectivity index (χ2n) is 7.20. The maximum atomic E-state index is 12.7. The largest absolute Gasteiger partial charge is 0.463 e. The predicted octanol–water partition coefficient (Wildman–Crippen LogP) is 3.94. The fraction of sp³-hybridized carbons (Fsp3) is 0.174. The summed E-state index contributed by atoms with van der Waals surface area (Å²) in [5.74, 6) is -1.28. The van der Waals surface area contributed by atoms with Crippen LogP contribution in [0.5, 0.6) is 0 Å². The van der Waals surface area contributed by atoms with Crippen molar-refractivity contribution in [2.45, 2.75) is 13.0 Å². The third kappa shape index (κ3) is 5.22. The summed E-state index contributed by atoms with van der Waals surface area (Å²) in [6, 6.07) is 10.8. The third-order valence-corrected chi connectivity index (χ3v) is 5.93. The Bertz CT molecular complexity index is 1290. The van der Waals surface area contributed by atoms with Crippen molar-refractivity contribution >= 4 is 35.0 Å². The topological polar surface area (TPSA) is 150 Å². The molecule has 0 aliphatic carbocycles. The minimum Gasteiger partial charge on any atom is -0.463 e. The number of hydrogen-bond acceptors (Lipinski definition) is 9. The number of amides is 2. The molecule has 1 aromatic carbocycles. The van der Waals surface area contributed by atoms with E-state index in [0.29, 0.717) is 16.2 Å². The number of esters is 2. The van der Waals surface area contributed by atoms with Crippen molar-refractivity contribution < 1.29 is 33.2 Å². The molecule has 12 heteroatoms. The van der Waals surface area contributed by atoms with E-state index in [4.69, 9.17) is 13.9 Å². The quantitative estimate of drug-likeness (QED) is 0.270. The highest BCUT2D eigenvalue weighted by molar-refractivity contribution is 7.10. The van der Waals surface area contributed by atoms with Gasteiger partial charge in [-0.3, -0.25) is 10.1 Å². The minimum atomic E-state index is -0.825. The molecule has 0 spiro atoms. The fourth-order valence-electron chi connectivity index (χ4n) is 3.41. The molecule has 2 N–H and O–H groups in total. The molecule has 1 aliphatic rings. The second-order valence-corrected chi connectivity index (χ2v) is 8.18. The highest BCUT2D eigenvalue weighted by Crippen LogP contribution is 2.31. The number of nitro benzene ring substituents is 1. The monoisotopic (exact) mass is 497 g/mol. The molecule has 35 heavy (non-hydrogen) atoms. The van der Waals surface area contributed by atoms with Gasteiger partial charge < -0.3 is 24.5 Å². The lowest BCUT2D eigenvalue weighted by Crippen LogP contribution is -2.46. The van der Waals surface area contributed by atoms with Gasteiger partial charge in [0.25, 0.3) is 5.69 Å². The molecule has 0 fully saturated rings. The van der Waals surface area contributed by atoms with E-state index in [2.05, 4.69) is 10.6 Å². The summed E-state index contributed by atoms with van der Waals surface area (Å²) in [6.07, 6.45) is 0. The number of benzene rings is 1. The van der Waals surface area contributed by atoms with E-state index in [1.54, 1.807) is 19.1 Å². The number of nitrogens with one attached hydrogen (secondary N) is 2. The third-order valence-electron chi connectivity index (χ3n) is 4.99. The van der Waals surface area contributed by atoms with Crippen molar-refractivity contribution in [1.82, 2.24) is 10.6 Å². The van der Waals surface area contributed by atoms with E-state index in [0.717, 1.165) is 0 Å². The van der Waals surface area contributed by atoms with Crippen molar-refractivity contribution in [2.24, 2.45) is 0 Å². The lowest BCUT2D eigenvalue weighted by Gasteiger charge is -2.28. The van der Waals surface area contributed by atoms with E-state index >= 15 is 0 Å². The first-order valence-electron chi connectivity index (χ1n) is 10.4. The van der Waals surface area contributed by atoms with Crippen LogP contribution in [0.15, 0.2) is 69.6 Å². The van der Waals surface area contributed by atoms with Gasteiger partial charge in [-0.25, -0.2) is 14.4 Å². The first-order valence-corrected chi connectivity index (χ1v) is 11.3. The van der Waals surface area contributed by atoms with Gasteiger partial charge in [0.15, 0.2) is 0 Å². The van der Waals surface area contributed by atoms with Crippen LogP contribution >= 0.6 is 11.3 Å². The normalized spacial score (nSPS) is 15.2. The molecule has 3 aromatic rings. The molecule has 180 valence electrons. The first-order chi connectivity index (χ1) is 16.9. The molecule has 0 bridgehead atoms. The average molecular weight is 497 g/mol. The molecular weight excluding hydrogens is 478 g/mol. The Labute approximate surface area is 202 Å². The number of furan rings is 1. The number of ether oxygens (including phenoxy) is 2. The Morgan fingerprint density at radius 2 is 1.89 bits per heavy atom. The summed E-state index contributed by atoms with van der Waals surface area (Å²) in [6.45, 7) is 1.38. The smallest absolute Gasteiger partial charge is 0.374 e. The van der Waals surface area contributed by atoms with E-state index in [1.807, 2.05) is 5.38 Å². The average Bonchev–Trinajstić information content (AvgIpc) is 3.55. The number of nitro groups is 1. The molecule has 3 heterocycles. The molecule has 2 amide bonds. The van der Waals surface area contributed by atoms with Gasteiger partial charge in [-0.15, -0.1) is 11.3 Å². The van der Waals surface area contributed by atoms with Gasteiger partial charge >= 0.3 is 18.0 Å². The molecular formula is C23H19N3O8S. The number of carbonyl (C=O) groups excluding carboxylic acids is 3. The van der Waals surface area contributed by atoms with Gasteiger partial charge in [0.1, 0.15) is 12.4 Å². The number of rotatable bonds is 8. The number of nitrogens with zero attached hydrogens (tertiary/aromatic N) is 1. The van der Waals surface area contributed by atoms with Crippen LogP contribution in [0.25, 0.3) is 11.3 Å². The lowest BCUT2D eigenvalue weighted by molar-refractivity contribution is -0.384. The van der Waals surface area contributed by atoms with Crippen molar-refractivity contribution in [3.05, 3.63) is 85.9 Å². The molecule has 0 unspecified atom stereocenters. The molecule has 0 saturated heterocycles. The van der Waals surface area contributed by atoms with Gasteiger partial charge in [-0.2, -0.15) is 0 Å². The second kappa shape index (κ2) is 10.2. The summed E-state index contributed by atoms with van der Waals surface area (Å²) < 4.78 is 16.0. The Balaban J connectivity index is 1.53. The van der Waals surface area contributed by atoms with Crippen LogP contribution in [0, 0.1) is 10.1 Å². The molecule has 4 rings (SSSR count). The zero-order valence-corrected chi connectivity index (χ0v) is 19.1. The number of non-ortho nitro benzene ring substituents is 1. The Hall–Kier alpha value is -4.45. The van der Waals surface area contributed by atoms with E-state index in [-0.39, 0.29) is 29.3 Å². The van der Waals surface area contributed by atoms with Gasteiger partial charge in [-0.1, -0.05) is 6.07 Å². The maximum absolute atomic E-state index is 12.7. The summed E-state index contributed by atoms with van der Waals surface area (Å²) in [7, 11) is 0. The maximum Gasteiger partial charge on any atom is 0.374 e. The van der Waals surface area contributed by atoms with Crippen molar-refractivity contribution in [2.75, 3.05) is 13.2 Å². The fourth-order valence-corrected chi connectivity index (χ4v) is 4.19. The minimum absolute atomic E-state index is 0.0736. The standard InChI is InChI=1S/C23H19N3O8S/c1-2-32-22(28)19-15(24-23(29)25-20(19)18-4-3-11-35-18)12-33-21(27)17-10-9-16(34-17)13-5-7-14(8-6-13)26(30)31/h3-11,20H,2,12H2,1H3,(H2,24,25,29)/t20-/m1/s1. The summed E-state index contributed by atoms with van der Waals surface area (Å²) in [5, 5.41) is 17.8. The van der Waals surface area contributed by atoms with Crippen LogP contribution in [-0.2, 0) is 14.3 Å². The first kappa shape index (κ1) is 23.7. The Morgan fingerprint density at radius 1 is 1.11 bits per heavy atom. The Morgan fingerprint density at radius 3 is 2.54 bits per heavy atom. The predicted molar refractivity (Wildman–Crippen MR) is 123 cm³/mol. The lowest BCUT2D eigenvalue weighted by atomic mass is 10.0. The highest BCUT2D eigenvalue weighted by atomic mass is 32.1.